The molecule has 0 aromatic heterocycles. The van der Waals surface area contributed by atoms with Crippen LogP contribution in [0.1, 0.15) is 20.7 Å². The van der Waals surface area contributed by atoms with Gasteiger partial charge >= 0.3 is 17.9 Å². The molecule has 0 radical (unpaired) electrons. The van der Waals surface area contributed by atoms with Crippen molar-refractivity contribution in [1.29, 1.82) is 5.41 Å². The molecule has 15 heteroatoms. The fraction of sp³-hybridized carbons (Fsp3) is 0.385. The molecule has 0 spiro atoms. The van der Waals surface area contributed by atoms with Crippen molar-refractivity contribution in [2.24, 2.45) is 0 Å². The van der Waals surface area contributed by atoms with Gasteiger partial charge in [-0.05, 0) is 24.3 Å². The van der Waals surface area contributed by atoms with E-state index in [4.69, 9.17) is 68.6 Å². The molecular formula is C26H24Cl3NO11. The van der Waals surface area contributed by atoms with Crippen LogP contribution in [0.25, 0.3) is 0 Å². The van der Waals surface area contributed by atoms with E-state index in [-0.39, 0.29) is 11.1 Å². The number of hydrogen-bond donors (Lipinski definition) is 2. The summed E-state index contributed by atoms with van der Waals surface area (Å²) in [6, 6.07) is 15.8. The van der Waals surface area contributed by atoms with Gasteiger partial charge in [-0.1, -0.05) is 71.2 Å². The Bertz CT molecular complexity index is 1260. The van der Waals surface area contributed by atoms with Gasteiger partial charge in [0.15, 0.2) is 6.10 Å². The minimum atomic E-state index is -2.36. The molecule has 6 atom stereocenters. The summed E-state index contributed by atoms with van der Waals surface area (Å²) in [6.07, 6.45) is -8.17. The van der Waals surface area contributed by atoms with Gasteiger partial charge in [-0.2, -0.15) is 0 Å². The van der Waals surface area contributed by atoms with E-state index in [0.29, 0.717) is 0 Å². The van der Waals surface area contributed by atoms with Crippen LogP contribution in [0.3, 0.4) is 0 Å². The quantitative estimate of drug-likeness (QED) is 0.152. The van der Waals surface area contributed by atoms with Gasteiger partial charge in [-0.15, -0.1) is 0 Å². The van der Waals surface area contributed by atoms with Crippen LogP contribution in [-0.2, 0) is 38.0 Å². The lowest BCUT2D eigenvalue weighted by atomic mass is 9.83. The number of esters is 3. The van der Waals surface area contributed by atoms with Crippen LogP contribution in [0.5, 0.6) is 0 Å². The van der Waals surface area contributed by atoms with Crippen LogP contribution in [0, 0.1) is 5.41 Å². The second kappa shape index (κ2) is 12.9. The maximum Gasteiger partial charge on any atom is 0.363 e. The number of rotatable bonds is 7. The molecule has 2 fully saturated rings. The van der Waals surface area contributed by atoms with E-state index in [2.05, 4.69) is 4.74 Å². The molecule has 220 valence electrons. The Hall–Kier alpha value is -2.97. The molecule has 2 aliphatic heterocycles. The van der Waals surface area contributed by atoms with Crippen LogP contribution >= 0.6 is 34.8 Å². The summed E-state index contributed by atoms with van der Waals surface area (Å²) in [5.74, 6) is -3.52. The summed E-state index contributed by atoms with van der Waals surface area (Å²) in [6.45, 7) is -1.20. The number of alkyl halides is 3. The van der Waals surface area contributed by atoms with Gasteiger partial charge in [-0.3, -0.25) is 5.41 Å². The van der Waals surface area contributed by atoms with E-state index < -0.39 is 77.3 Å². The Morgan fingerprint density at radius 2 is 1.56 bits per heavy atom. The molecule has 2 aromatic rings. The van der Waals surface area contributed by atoms with Crippen molar-refractivity contribution < 1.29 is 52.6 Å². The molecule has 0 bridgehead atoms. The third-order valence-electron chi connectivity index (χ3n) is 6.16. The first kappa shape index (κ1) is 31.0. The average Bonchev–Trinajstić information content (AvgIpc) is 2.97. The minimum absolute atomic E-state index is 0.113. The van der Waals surface area contributed by atoms with E-state index in [0.717, 1.165) is 7.11 Å². The highest BCUT2D eigenvalue weighted by Gasteiger charge is 2.63. The van der Waals surface area contributed by atoms with Crippen molar-refractivity contribution in [2.75, 3.05) is 20.3 Å². The molecule has 4 rings (SSSR count). The molecule has 2 heterocycles. The van der Waals surface area contributed by atoms with Gasteiger partial charge in [-0.25, -0.2) is 14.4 Å². The van der Waals surface area contributed by atoms with Crippen molar-refractivity contribution in [3.8, 4) is 0 Å². The Morgan fingerprint density at radius 3 is 2.12 bits per heavy atom. The van der Waals surface area contributed by atoms with Crippen LogP contribution in [0.2, 0.25) is 0 Å². The van der Waals surface area contributed by atoms with Gasteiger partial charge in [0.05, 0.1) is 24.8 Å². The maximum absolute atomic E-state index is 13.1. The summed E-state index contributed by atoms with van der Waals surface area (Å²) in [5, 5.41) is 19.8. The molecule has 2 aliphatic rings. The highest BCUT2D eigenvalue weighted by Crippen LogP contribution is 2.40. The first-order valence-electron chi connectivity index (χ1n) is 12.0. The van der Waals surface area contributed by atoms with Crippen LogP contribution in [0.4, 0.5) is 0 Å². The van der Waals surface area contributed by atoms with Gasteiger partial charge in [0.1, 0.15) is 24.4 Å². The van der Waals surface area contributed by atoms with Gasteiger partial charge in [0.2, 0.25) is 12.2 Å². The normalized spacial score (nSPS) is 27.6. The molecule has 2 N–H and O–H groups in total. The molecule has 2 aromatic carbocycles. The number of fused-ring (bicyclic) bond motifs is 1. The lowest BCUT2D eigenvalue weighted by Gasteiger charge is -2.52. The van der Waals surface area contributed by atoms with Crippen molar-refractivity contribution in [3.05, 3.63) is 71.8 Å². The van der Waals surface area contributed by atoms with Gasteiger partial charge < -0.3 is 38.3 Å². The fourth-order valence-electron chi connectivity index (χ4n) is 4.09. The van der Waals surface area contributed by atoms with Crippen LogP contribution in [-0.4, -0.2) is 89.5 Å². The number of halogens is 3. The predicted molar refractivity (Wildman–Crippen MR) is 142 cm³/mol. The van der Waals surface area contributed by atoms with Gasteiger partial charge in [0, 0.05) is 0 Å². The summed E-state index contributed by atoms with van der Waals surface area (Å²) >= 11 is 17.4. The second-order valence-electron chi connectivity index (χ2n) is 8.85. The predicted octanol–water partition coefficient (Wildman–Crippen LogP) is 2.80. The molecule has 41 heavy (non-hydrogen) atoms. The van der Waals surface area contributed by atoms with E-state index in [1.165, 1.54) is 24.3 Å². The molecule has 0 aliphatic carbocycles. The van der Waals surface area contributed by atoms with Gasteiger partial charge in [0.25, 0.3) is 10.1 Å². The Morgan fingerprint density at radius 1 is 0.976 bits per heavy atom. The third kappa shape index (κ3) is 7.09. The minimum Gasteiger partial charge on any atom is -0.465 e. The van der Waals surface area contributed by atoms with Crippen LogP contribution in [0.15, 0.2) is 60.7 Å². The molecule has 0 amide bonds. The Labute approximate surface area is 248 Å². The van der Waals surface area contributed by atoms with E-state index in [9.17, 15) is 19.5 Å². The van der Waals surface area contributed by atoms with E-state index >= 15 is 0 Å². The average molecular weight is 633 g/mol. The zero-order valence-electron chi connectivity index (χ0n) is 21.2. The highest BCUT2D eigenvalue weighted by molar-refractivity contribution is 6.76. The third-order valence-corrected chi connectivity index (χ3v) is 6.68. The zero-order valence-corrected chi connectivity index (χ0v) is 23.5. The molecule has 12 nitrogen and oxygen atoms in total. The lowest BCUT2D eigenvalue weighted by Crippen LogP contribution is -2.74. The number of hydrogen-bond acceptors (Lipinski definition) is 12. The number of benzene rings is 2. The zero-order chi connectivity index (χ0) is 29.8. The Balaban J connectivity index is 1.68. The number of carbonyl (C=O) groups is 3. The highest BCUT2D eigenvalue weighted by atomic mass is 35.6. The summed E-state index contributed by atoms with van der Waals surface area (Å²) in [7, 11) is 1.09. The first-order valence-corrected chi connectivity index (χ1v) is 13.1. The summed E-state index contributed by atoms with van der Waals surface area (Å²) < 4.78 is 35.7. The molecule has 0 unspecified atom stereocenters. The van der Waals surface area contributed by atoms with E-state index in [1.807, 2.05) is 0 Å². The second-order valence-corrected chi connectivity index (χ2v) is 11.1. The standard InChI is InChI=1S/C26H24Cl3NO11/c1-35-21(33)23-37-13-25(34)16(12-36-19(31)14-8-4-2-5-9-14)38-22(41-24(30)26(27,28)29)17(18(25)40-23)39-20(32)15-10-6-3-7-11-15/h2-11,16-18,22-23,30,34H,12-13H2,1H3/t16-,17-,18-,22-,23+,25+/m1/s1. The number of methoxy groups -OCH3 is 1. The van der Waals surface area contributed by atoms with Crippen LogP contribution < -0.4 is 0 Å². The Kier molecular flexibility index (Phi) is 9.75. The SMILES string of the molecule is COC(=O)[C@H]1OC[C@@]2(O)[C@H](O1)[C@@H](OC(=O)c1ccccc1)[C@@H](OC(=N)C(Cl)(Cl)Cl)O[C@@H]2COC(=O)c1ccccc1. The topological polar surface area (TPSA) is 160 Å². The molecular weight excluding hydrogens is 609 g/mol. The number of aliphatic hydroxyl groups is 1. The maximum atomic E-state index is 13.1. The molecule has 2 saturated heterocycles. The number of carbonyl (C=O) groups excluding carboxylic acids is 3. The number of nitrogens with one attached hydrogen (secondary N) is 1. The first-order chi connectivity index (χ1) is 19.4. The summed E-state index contributed by atoms with van der Waals surface area (Å²) in [5.41, 5.74) is -1.86. The van der Waals surface area contributed by atoms with Crippen molar-refractivity contribution in [3.63, 3.8) is 0 Å². The van der Waals surface area contributed by atoms with Crippen molar-refractivity contribution in [1.82, 2.24) is 0 Å². The molecule has 0 saturated carbocycles. The largest absolute Gasteiger partial charge is 0.465 e. The number of ether oxygens (including phenoxy) is 7. The van der Waals surface area contributed by atoms with Crippen molar-refractivity contribution in [2.45, 2.75) is 40.3 Å². The van der Waals surface area contributed by atoms with E-state index in [1.54, 1.807) is 36.4 Å². The summed E-state index contributed by atoms with van der Waals surface area (Å²) in [4.78, 5) is 37.9. The van der Waals surface area contributed by atoms with Crippen molar-refractivity contribution >= 4 is 58.6 Å². The lowest BCUT2D eigenvalue weighted by molar-refractivity contribution is -0.380. The monoisotopic (exact) mass is 631 g/mol. The smallest absolute Gasteiger partial charge is 0.363 e. The fourth-order valence-corrected chi connectivity index (χ4v) is 4.23.